The van der Waals surface area contributed by atoms with Gasteiger partial charge in [0, 0.05) is 6.04 Å². The van der Waals surface area contributed by atoms with E-state index in [2.05, 4.69) is 15.5 Å². The van der Waals surface area contributed by atoms with E-state index in [4.69, 9.17) is 10.3 Å². The Labute approximate surface area is 82.0 Å². The van der Waals surface area contributed by atoms with Crippen LogP contribution in [-0.2, 0) is 0 Å². The molecule has 76 valence electrons. The molecule has 3 rings (SSSR count). The zero-order valence-corrected chi connectivity index (χ0v) is 8.10. The fourth-order valence-corrected chi connectivity index (χ4v) is 2.09. The molecule has 1 aliphatic heterocycles. The number of nitrogens with zero attached hydrogens (tertiary/aromatic N) is 2. The van der Waals surface area contributed by atoms with Crippen molar-refractivity contribution in [3.63, 3.8) is 0 Å². The molecule has 1 aromatic rings. The van der Waals surface area contributed by atoms with E-state index in [9.17, 15) is 0 Å². The minimum absolute atomic E-state index is 0.150. The Bertz CT molecular complexity index is 338. The van der Waals surface area contributed by atoms with Gasteiger partial charge in [-0.05, 0) is 25.7 Å². The summed E-state index contributed by atoms with van der Waals surface area (Å²) < 4.78 is 5.18. The van der Waals surface area contributed by atoms with E-state index < -0.39 is 0 Å². The highest BCUT2D eigenvalue weighted by Gasteiger charge is 2.47. The van der Waals surface area contributed by atoms with Gasteiger partial charge in [0.05, 0.1) is 12.1 Å². The minimum atomic E-state index is -0.150. The molecule has 0 radical (unpaired) electrons. The highest BCUT2D eigenvalue weighted by Crippen LogP contribution is 2.45. The largest absolute Gasteiger partial charge is 0.338 e. The molecule has 1 saturated carbocycles. The standard InChI is InChI=1S/C9H14N4O/c1-4(10)8-12-9(14-13-8)7-3-5-2-6(5)11-7/h4-7,11H,2-3,10H2,1H3/t4?,5-,6-,7-/m0/s1. The molecule has 1 aromatic heterocycles. The average Bonchev–Trinajstić information content (AvgIpc) is 2.69. The predicted molar refractivity (Wildman–Crippen MR) is 49.3 cm³/mol. The molecule has 4 atom stereocenters. The number of nitrogens with two attached hydrogens (primary N) is 1. The monoisotopic (exact) mass is 194 g/mol. The van der Waals surface area contributed by atoms with Crippen molar-refractivity contribution in [1.29, 1.82) is 0 Å². The Balaban J connectivity index is 1.76. The molecule has 1 saturated heterocycles. The van der Waals surface area contributed by atoms with Crippen molar-refractivity contribution in [3.8, 4) is 0 Å². The second-order valence-corrected chi connectivity index (χ2v) is 4.34. The zero-order valence-electron chi connectivity index (χ0n) is 8.10. The summed E-state index contributed by atoms with van der Waals surface area (Å²) in [6, 6.07) is 0.813. The maximum atomic E-state index is 5.66. The second kappa shape index (κ2) is 2.77. The number of nitrogens with one attached hydrogen (secondary N) is 1. The summed E-state index contributed by atoms with van der Waals surface area (Å²) >= 11 is 0. The lowest BCUT2D eigenvalue weighted by molar-refractivity contribution is 0.330. The molecular weight excluding hydrogens is 180 g/mol. The number of aromatic nitrogens is 2. The molecule has 5 heteroatoms. The third kappa shape index (κ3) is 1.24. The maximum Gasteiger partial charge on any atom is 0.243 e. The number of fused-ring (bicyclic) bond motifs is 1. The number of rotatable bonds is 2. The van der Waals surface area contributed by atoms with Crippen LogP contribution in [0.1, 0.15) is 43.6 Å². The molecule has 0 amide bonds. The van der Waals surface area contributed by atoms with Gasteiger partial charge in [0.1, 0.15) is 0 Å². The van der Waals surface area contributed by atoms with Crippen molar-refractivity contribution >= 4 is 0 Å². The van der Waals surface area contributed by atoms with Crippen molar-refractivity contribution in [2.24, 2.45) is 11.7 Å². The van der Waals surface area contributed by atoms with Crippen LogP contribution >= 0.6 is 0 Å². The molecule has 1 aliphatic carbocycles. The van der Waals surface area contributed by atoms with Gasteiger partial charge < -0.3 is 15.6 Å². The fourth-order valence-electron chi connectivity index (χ4n) is 2.09. The van der Waals surface area contributed by atoms with Crippen LogP contribution < -0.4 is 11.1 Å². The number of hydrogen-bond acceptors (Lipinski definition) is 5. The Morgan fingerprint density at radius 2 is 2.43 bits per heavy atom. The minimum Gasteiger partial charge on any atom is -0.338 e. The van der Waals surface area contributed by atoms with Crippen molar-refractivity contribution < 1.29 is 4.52 Å². The van der Waals surface area contributed by atoms with Crippen molar-refractivity contribution in [2.45, 2.75) is 37.9 Å². The van der Waals surface area contributed by atoms with Crippen molar-refractivity contribution in [3.05, 3.63) is 11.7 Å². The third-order valence-electron chi connectivity index (χ3n) is 3.04. The molecular formula is C9H14N4O. The summed E-state index contributed by atoms with van der Waals surface area (Å²) in [6.45, 7) is 1.86. The van der Waals surface area contributed by atoms with Crippen LogP contribution in [0.4, 0.5) is 0 Å². The van der Waals surface area contributed by atoms with E-state index in [0.717, 1.165) is 12.3 Å². The van der Waals surface area contributed by atoms with Gasteiger partial charge in [-0.25, -0.2) is 0 Å². The fraction of sp³-hybridized carbons (Fsp3) is 0.778. The van der Waals surface area contributed by atoms with Crippen LogP contribution in [0.2, 0.25) is 0 Å². The summed E-state index contributed by atoms with van der Waals surface area (Å²) in [5.74, 6) is 2.14. The SMILES string of the molecule is CC(N)c1noc([C@@H]2C[C@@H]3C[C@@H]3N2)n1. The first-order valence-electron chi connectivity index (χ1n) is 5.09. The molecule has 14 heavy (non-hydrogen) atoms. The van der Waals surface area contributed by atoms with Crippen LogP contribution in [0.15, 0.2) is 4.52 Å². The predicted octanol–water partition coefficient (Wildman–Crippen LogP) is 0.512. The summed E-state index contributed by atoms with van der Waals surface area (Å²) in [6.07, 6.45) is 2.44. The Hall–Kier alpha value is -0.940. The smallest absolute Gasteiger partial charge is 0.243 e. The Morgan fingerprint density at radius 3 is 3.00 bits per heavy atom. The van der Waals surface area contributed by atoms with Crippen LogP contribution in [0, 0.1) is 5.92 Å². The van der Waals surface area contributed by atoms with Gasteiger partial charge in [0.2, 0.25) is 5.89 Å². The van der Waals surface area contributed by atoms with Gasteiger partial charge in [-0.3, -0.25) is 0 Å². The van der Waals surface area contributed by atoms with Crippen LogP contribution in [-0.4, -0.2) is 16.2 Å². The van der Waals surface area contributed by atoms with Gasteiger partial charge in [-0.2, -0.15) is 4.98 Å². The summed E-state index contributed by atoms with van der Waals surface area (Å²) in [4.78, 5) is 4.28. The molecule has 0 spiro atoms. The van der Waals surface area contributed by atoms with E-state index in [1.165, 1.54) is 6.42 Å². The second-order valence-electron chi connectivity index (χ2n) is 4.34. The van der Waals surface area contributed by atoms with E-state index in [1.54, 1.807) is 0 Å². The molecule has 5 nitrogen and oxygen atoms in total. The molecule has 2 heterocycles. The molecule has 0 bridgehead atoms. The van der Waals surface area contributed by atoms with Gasteiger partial charge >= 0.3 is 0 Å². The summed E-state index contributed by atoms with van der Waals surface area (Å²) in [5.41, 5.74) is 5.66. The molecule has 3 N–H and O–H groups in total. The van der Waals surface area contributed by atoms with E-state index >= 15 is 0 Å². The molecule has 0 aromatic carbocycles. The topological polar surface area (TPSA) is 77.0 Å². The number of hydrogen-bond donors (Lipinski definition) is 2. The van der Waals surface area contributed by atoms with E-state index in [-0.39, 0.29) is 12.1 Å². The van der Waals surface area contributed by atoms with Crippen molar-refractivity contribution in [1.82, 2.24) is 15.5 Å². The Morgan fingerprint density at radius 1 is 1.57 bits per heavy atom. The first kappa shape index (κ1) is 8.38. The molecule has 2 fully saturated rings. The first-order chi connectivity index (χ1) is 6.74. The Kier molecular flexibility index (Phi) is 1.66. The lowest BCUT2D eigenvalue weighted by Crippen LogP contribution is -2.18. The lowest BCUT2D eigenvalue weighted by Gasteiger charge is -2.06. The number of piperidine rings is 1. The normalized spacial score (nSPS) is 36.9. The average molecular weight is 194 g/mol. The highest BCUT2D eigenvalue weighted by atomic mass is 16.5. The molecule has 1 unspecified atom stereocenters. The van der Waals surface area contributed by atoms with Gasteiger partial charge in [-0.1, -0.05) is 5.16 Å². The highest BCUT2D eigenvalue weighted by molar-refractivity contribution is 5.08. The first-order valence-corrected chi connectivity index (χ1v) is 5.09. The van der Waals surface area contributed by atoms with E-state index in [0.29, 0.717) is 17.8 Å². The van der Waals surface area contributed by atoms with Crippen molar-refractivity contribution in [2.75, 3.05) is 0 Å². The zero-order chi connectivity index (χ0) is 9.71. The van der Waals surface area contributed by atoms with Crippen LogP contribution in [0.25, 0.3) is 0 Å². The summed E-state index contributed by atoms with van der Waals surface area (Å²) in [7, 11) is 0. The van der Waals surface area contributed by atoms with Gasteiger partial charge in [0.25, 0.3) is 0 Å². The van der Waals surface area contributed by atoms with Crippen LogP contribution in [0.5, 0.6) is 0 Å². The lowest BCUT2D eigenvalue weighted by atomic mass is 10.2. The molecule has 2 aliphatic rings. The van der Waals surface area contributed by atoms with Gasteiger partial charge in [0.15, 0.2) is 5.82 Å². The van der Waals surface area contributed by atoms with Gasteiger partial charge in [-0.15, -0.1) is 0 Å². The van der Waals surface area contributed by atoms with E-state index in [1.807, 2.05) is 6.92 Å². The summed E-state index contributed by atoms with van der Waals surface area (Å²) in [5, 5.41) is 7.31. The quantitative estimate of drug-likeness (QED) is 0.717. The third-order valence-corrected chi connectivity index (χ3v) is 3.04. The maximum absolute atomic E-state index is 5.66. The van der Waals surface area contributed by atoms with Crippen LogP contribution in [0.3, 0.4) is 0 Å².